The number of hydrogen-bond acceptors (Lipinski definition) is 6. The summed E-state index contributed by atoms with van der Waals surface area (Å²) in [5.74, 6) is 1.66. The van der Waals surface area contributed by atoms with Gasteiger partial charge < -0.3 is 4.42 Å². The Kier molecular flexibility index (Phi) is 7.41. The maximum Gasteiger partial charge on any atom is 0.238 e. The van der Waals surface area contributed by atoms with E-state index in [1.54, 1.807) is 0 Å². The summed E-state index contributed by atoms with van der Waals surface area (Å²) in [4.78, 5) is 22.9. The highest BCUT2D eigenvalue weighted by atomic mass is 16.3. The fourth-order valence-electron chi connectivity index (χ4n) is 8.70. The van der Waals surface area contributed by atoms with Crippen LogP contribution in [0.2, 0.25) is 0 Å². The van der Waals surface area contributed by atoms with E-state index < -0.39 is 5.41 Å². The van der Waals surface area contributed by atoms with Crippen LogP contribution in [0.3, 0.4) is 0 Å². The quantitative estimate of drug-likeness (QED) is 0.175. The maximum atomic E-state index is 6.94. The molecule has 0 saturated carbocycles. The van der Waals surface area contributed by atoms with E-state index in [2.05, 4.69) is 163 Å². The Bertz CT molecular complexity index is 3070. The zero-order chi connectivity index (χ0) is 38.1. The van der Waals surface area contributed by atoms with E-state index in [1.165, 1.54) is 0 Å². The van der Waals surface area contributed by atoms with Gasteiger partial charge in [0.15, 0.2) is 17.2 Å². The van der Waals surface area contributed by atoms with E-state index in [9.17, 15) is 0 Å². The summed E-state index contributed by atoms with van der Waals surface area (Å²) >= 11 is 0. The number of rotatable bonds is 5. The van der Waals surface area contributed by atoms with Crippen LogP contribution in [0.4, 0.5) is 17.3 Å². The van der Waals surface area contributed by atoms with E-state index in [0.29, 0.717) is 17.6 Å². The summed E-state index contributed by atoms with van der Waals surface area (Å²) in [6.07, 6.45) is 3.86. The van der Waals surface area contributed by atoms with Crippen LogP contribution in [0.15, 0.2) is 181 Å². The third-order valence-corrected chi connectivity index (χ3v) is 11.4. The fraction of sp³-hybridized carbons (Fsp3) is 0.0588. The number of pyridine rings is 1. The van der Waals surface area contributed by atoms with E-state index in [-0.39, 0.29) is 0 Å². The number of anilines is 3. The van der Waals surface area contributed by atoms with Crippen molar-refractivity contribution in [2.24, 2.45) is 0 Å². The number of hydrogen-bond donors (Lipinski definition) is 0. The molecule has 57 heavy (non-hydrogen) atoms. The zero-order valence-corrected chi connectivity index (χ0v) is 31.4. The molecule has 6 nitrogen and oxygen atoms in total. The first kappa shape index (κ1) is 32.9. The molecule has 0 N–H and O–H groups in total. The molecule has 0 amide bonds. The lowest BCUT2D eigenvalue weighted by Gasteiger charge is -2.41. The summed E-state index contributed by atoms with van der Waals surface area (Å²) in [6.45, 7) is 4.59. The maximum absolute atomic E-state index is 6.94. The molecular formula is C51H35N5O. The Morgan fingerprint density at radius 3 is 1.77 bits per heavy atom. The van der Waals surface area contributed by atoms with Crippen molar-refractivity contribution in [1.82, 2.24) is 19.9 Å². The number of furan rings is 1. The number of nitrogens with zero attached hydrogens (tertiary/aromatic N) is 5. The van der Waals surface area contributed by atoms with E-state index >= 15 is 0 Å². The van der Waals surface area contributed by atoms with Crippen molar-refractivity contribution >= 4 is 50.0 Å². The minimum absolute atomic E-state index is 0.415. The van der Waals surface area contributed by atoms with Crippen LogP contribution in [0, 0.1) is 0 Å². The van der Waals surface area contributed by atoms with Gasteiger partial charge in [-0.15, -0.1) is 0 Å². The van der Waals surface area contributed by atoms with Crippen LogP contribution in [-0.2, 0) is 5.41 Å². The van der Waals surface area contributed by atoms with Gasteiger partial charge in [-0.1, -0.05) is 147 Å². The van der Waals surface area contributed by atoms with Gasteiger partial charge in [0.1, 0.15) is 5.58 Å². The summed E-state index contributed by atoms with van der Waals surface area (Å²) in [5, 5.41) is 4.23. The average molecular weight is 734 g/mol. The van der Waals surface area contributed by atoms with Gasteiger partial charge in [-0.05, 0) is 69.1 Å². The van der Waals surface area contributed by atoms with Crippen molar-refractivity contribution in [3.8, 4) is 45.0 Å². The van der Waals surface area contributed by atoms with Crippen molar-refractivity contribution in [2.75, 3.05) is 4.90 Å². The minimum Gasteiger partial charge on any atom is -0.454 e. The van der Waals surface area contributed by atoms with Crippen LogP contribution < -0.4 is 4.90 Å². The van der Waals surface area contributed by atoms with Gasteiger partial charge in [-0.3, -0.25) is 9.88 Å². The van der Waals surface area contributed by atoms with Gasteiger partial charge in [-0.25, -0.2) is 4.98 Å². The molecule has 0 unspecified atom stereocenters. The Labute approximate surface area is 329 Å². The molecule has 0 aliphatic carbocycles. The first-order valence-electron chi connectivity index (χ1n) is 19.2. The van der Waals surface area contributed by atoms with E-state index in [4.69, 9.17) is 19.4 Å². The third kappa shape index (κ3) is 5.25. The molecule has 0 atom stereocenters. The summed E-state index contributed by atoms with van der Waals surface area (Å²) in [5.41, 5.74) is 11.6. The van der Waals surface area contributed by atoms with Crippen molar-refractivity contribution in [1.29, 1.82) is 0 Å². The summed E-state index contributed by atoms with van der Waals surface area (Å²) in [7, 11) is 0. The standard InChI is InChI=1S/C51H35N5O/c1-51(2)41-24-10-11-25-42(41)56(46-45(51)38-27-28-52-31-40(38)44-39-23-9-12-26-43(39)57-47(44)46)50-54-48(36-21-13-19-34(29-36)32-15-5-3-6-16-32)53-49(55-50)37-22-14-20-35(30-37)33-17-7-4-8-18-33/h3-31H,1-2H3. The van der Waals surface area contributed by atoms with Crippen molar-refractivity contribution in [3.05, 3.63) is 187 Å². The van der Waals surface area contributed by atoms with E-state index in [1.807, 2.05) is 36.7 Å². The highest BCUT2D eigenvalue weighted by Crippen LogP contribution is 2.57. The second kappa shape index (κ2) is 12.8. The first-order chi connectivity index (χ1) is 28.0. The molecule has 1 aliphatic rings. The normalized spacial score (nSPS) is 13.2. The second-order valence-corrected chi connectivity index (χ2v) is 15.1. The minimum atomic E-state index is -0.415. The molecule has 1 aliphatic heterocycles. The molecule has 10 aromatic rings. The molecule has 4 heterocycles. The fourth-order valence-corrected chi connectivity index (χ4v) is 8.70. The smallest absolute Gasteiger partial charge is 0.238 e. The first-order valence-corrected chi connectivity index (χ1v) is 19.2. The largest absolute Gasteiger partial charge is 0.454 e. The van der Waals surface area contributed by atoms with Gasteiger partial charge in [0.25, 0.3) is 0 Å². The molecule has 0 saturated heterocycles. The van der Waals surface area contributed by atoms with Gasteiger partial charge in [0.05, 0.1) is 11.4 Å². The van der Waals surface area contributed by atoms with Crippen LogP contribution in [0.5, 0.6) is 0 Å². The number of aromatic nitrogens is 4. The molecule has 6 heteroatoms. The zero-order valence-electron chi connectivity index (χ0n) is 31.4. The molecule has 270 valence electrons. The van der Waals surface area contributed by atoms with Gasteiger partial charge >= 0.3 is 0 Å². The van der Waals surface area contributed by atoms with Crippen molar-refractivity contribution in [2.45, 2.75) is 19.3 Å². The summed E-state index contributed by atoms with van der Waals surface area (Å²) in [6, 6.07) is 56.7. The number of fused-ring (bicyclic) bond motifs is 9. The topological polar surface area (TPSA) is 67.9 Å². The highest BCUT2D eigenvalue weighted by Gasteiger charge is 2.42. The molecule has 11 rings (SSSR count). The van der Waals surface area contributed by atoms with Crippen LogP contribution >= 0.6 is 0 Å². The summed E-state index contributed by atoms with van der Waals surface area (Å²) < 4.78 is 6.94. The molecule has 0 radical (unpaired) electrons. The van der Waals surface area contributed by atoms with Gasteiger partial charge in [0, 0.05) is 45.1 Å². The SMILES string of the molecule is CC1(C)c2ccccc2N(c2nc(-c3cccc(-c4ccccc4)c3)nc(-c3cccc(-c4ccccc4)c3)n2)c2c1c1ccncc1c1c2oc2ccccc21. The van der Waals surface area contributed by atoms with E-state index in [0.717, 1.165) is 88.6 Å². The Morgan fingerprint density at radius 2 is 1.09 bits per heavy atom. The highest BCUT2D eigenvalue weighted by molar-refractivity contribution is 6.24. The Balaban J connectivity index is 1.23. The average Bonchev–Trinajstić information content (AvgIpc) is 3.67. The Morgan fingerprint density at radius 1 is 0.509 bits per heavy atom. The Hall–Kier alpha value is -7.44. The third-order valence-electron chi connectivity index (χ3n) is 11.4. The number of benzene rings is 7. The molecule has 3 aromatic heterocycles. The molecule has 7 aromatic carbocycles. The van der Waals surface area contributed by atoms with Crippen LogP contribution in [-0.4, -0.2) is 19.9 Å². The molecular weight excluding hydrogens is 699 g/mol. The predicted molar refractivity (Wildman–Crippen MR) is 231 cm³/mol. The van der Waals surface area contributed by atoms with Gasteiger partial charge in [0.2, 0.25) is 5.95 Å². The lowest BCUT2D eigenvalue weighted by molar-refractivity contribution is 0.627. The monoisotopic (exact) mass is 733 g/mol. The predicted octanol–water partition coefficient (Wildman–Crippen LogP) is 13.1. The van der Waals surface area contributed by atoms with Crippen LogP contribution in [0.25, 0.3) is 77.7 Å². The molecule has 0 spiro atoms. The van der Waals surface area contributed by atoms with Gasteiger partial charge in [-0.2, -0.15) is 9.97 Å². The van der Waals surface area contributed by atoms with Crippen molar-refractivity contribution < 1.29 is 4.42 Å². The molecule has 0 fully saturated rings. The lowest BCUT2D eigenvalue weighted by Crippen LogP contribution is -2.32. The number of para-hydroxylation sites is 2. The van der Waals surface area contributed by atoms with Crippen LogP contribution in [0.1, 0.15) is 25.0 Å². The lowest BCUT2D eigenvalue weighted by atomic mass is 9.71. The second-order valence-electron chi connectivity index (χ2n) is 15.1. The van der Waals surface area contributed by atoms with Crippen molar-refractivity contribution in [3.63, 3.8) is 0 Å². The molecule has 0 bridgehead atoms.